The van der Waals surface area contributed by atoms with Gasteiger partial charge in [-0.05, 0) is 30.3 Å². The van der Waals surface area contributed by atoms with Crippen molar-refractivity contribution in [2.75, 3.05) is 5.32 Å². The lowest BCUT2D eigenvalue weighted by molar-refractivity contribution is 0.101. The van der Waals surface area contributed by atoms with Crippen LogP contribution in [0.1, 0.15) is 10.5 Å². The van der Waals surface area contributed by atoms with Gasteiger partial charge in [-0.25, -0.2) is 4.98 Å². The lowest BCUT2D eigenvalue weighted by atomic mass is 10.2. The number of carbonyl (C=O) groups is 1. The van der Waals surface area contributed by atoms with Crippen LogP contribution >= 0.6 is 34.5 Å². The van der Waals surface area contributed by atoms with Gasteiger partial charge < -0.3 is 9.88 Å². The maximum Gasteiger partial charge on any atom is 0.272 e. The van der Waals surface area contributed by atoms with E-state index >= 15 is 0 Å². The van der Waals surface area contributed by atoms with Crippen molar-refractivity contribution in [3.8, 4) is 10.6 Å². The molecule has 0 aliphatic carbocycles. The summed E-state index contributed by atoms with van der Waals surface area (Å²) in [4.78, 5) is 17.4. The van der Waals surface area contributed by atoms with Crippen LogP contribution in [0, 0.1) is 0 Å². The van der Waals surface area contributed by atoms with E-state index in [4.69, 9.17) is 23.2 Å². The summed E-state index contributed by atoms with van der Waals surface area (Å²) in [5.41, 5.74) is 2.88. The molecule has 7 heteroatoms. The molecule has 0 aliphatic heterocycles. The van der Waals surface area contributed by atoms with E-state index in [0.717, 1.165) is 20.8 Å². The molecular formula is C19H13Cl2N3OS. The molecule has 2 heterocycles. The van der Waals surface area contributed by atoms with Crippen molar-refractivity contribution in [2.45, 2.75) is 0 Å². The first kappa shape index (κ1) is 17.1. The standard InChI is InChI=1S/C19H13Cl2N3OS/c1-24-15(10-12(20)17(24)21)18(25)22-13-7-3-2-6-11(13)19-23-14-8-4-5-9-16(14)26-19/h2-10H,1H3,(H,22,25). The number of hydrogen-bond acceptors (Lipinski definition) is 3. The topological polar surface area (TPSA) is 46.9 Å². The van der Waals surface area contributed by atoms with Crippen LogP contribution in [-0.4, -0.2) is 15.5 Å². The first-order valence-corrected chi connectivity index (χ1v) is 9.39. The number of hydrogen-bond donors (Lipinski definition) is 1. The quantitative estimate of drug-likeness (QED) is 0.467. The number of rotatable bonds is 3. The van der Waals surface area contributed by atoms with Crippen LogP contribution in [0.15, 0.2) is 54.6 Å². The molecule has 0 fully saturated rings. The Kier molecular flexibility index (Phi) is 4.44. The molecule has 0 spiro atoms. The Labute approximate surface area is 164 Å². The summed E-state index contributed by atoms with van der Waals surface area (Å²) in [5.74, 6) is -0.283. The highest BCUT2D eigenvalue weighted by Gasteiger charge is 2.18. The smallest absolute Gasteiger partial charge is 0.272 e. The summed E-state index contributed by atoms with van der Waals surface area (Å²) in [7, 11) is 1.70. The van der Waals surface area contributed by atoms with Gasteiger partial charge in [0.1, 0.15) is 15.9 Å². The van der Waals surface area contributed by atoms with Crippen molar-refractivity contribution in [1.82, 2.24) is 9.55 Å². The zero-order chi connectivity index (χ0) is 18.3. The molecular weight excluding hydrogens is 389 g/mol. The first-order chi connectivity index (χ1) is 12.5. The Balaban J connectivity index is 1.72. The number of benzene rings is 2. The molecule has 130 valence electrons. The molecule has 1 N–H and O–H groups in total. The highest BCUT2D eigenvalue weighted by atomic mass is 35.5. The maximum absolute atomic E-state index is 12.7. The summed E-state index contributed by atoms with van der Waals surface area (Å²) in [6.07, 6.45) is 0. The molecule has 0 saturated carbocycles. The minimum absolute atomic E-state index is 0.283. The number of amides is 1. The Morgan fingerprint density at radius 2 is 1.85 bits per heavy atom. The Hall–Kier alpha value is -2.34. The number of para-hydroxylation sites is 2. The second-order valence-electron chi connectivity index (χ2n) is 5.71. The molecule has 4 rings (SSSR count). The fourth-order valence-corrected chi connectivity index (χ4v) is 4.09. The summed E-state index contributed by atoms with van der Waals surface area (Å²) in [5, 5.41) is 4.47. The van der Waals surface area contributed by atoms with E-state index in [1.165, 1.54) is 0 Å². The molecule has 0 saturated heterocycles. The van der Waals surface area contributed by atoms with Crippen LogP contribution in [0.3, 0.4) is 0 Å². The Bertz CT molecular complexity index is 1100. The third-order valence-electron chi connectivity index (χ3n) is 4.05. The molecule has 0 bridgehead atoms. The fourth-order valence-electron chi connectivity index (χ4n) is 2.71. The number of aromatic nitrogens is 2. The predicted octanol–water partition coefficient (Wildman–Crippen LogP) is 5.86. The van der Waals surface area contributed by atoms with Crippen molar-refractivity contribution >= 4 is 56.3 Å². The van der Waals surface area contributed by atoms with Crippen molar-refractivity contribution in [3.05, 3.63) is 70.5 Å². The van der Waals surface area contributed by atoms with E-state index in [1.807, 2.05) is 48.5 Å². The molecule has 0 atom stereocenters. The lowest BCUT2D eigenvalue weighted by Crippen LogP contribution is -2.16. The molecule has 4 nitrogen and oxygen atoms in total. The number of anilines is 1. The van der Waals surface area contributed by atoms with E-state index in [-0.39, 0.29) is 5.91 Å². The second kappa shape index (κ2) is 6.76. The molecule has 2 aromatic carbocycles. The van der Waals surface area contributed by atoms with E-state index < -0.39 is 0 Å². The zero-order valence-electron chi connectivity index (χ0n) is 13.7. The van der Waals surface area contributed by atoms with Crippen LogP contribution < -0.4 is 5.32 Å². The summed E-state index contributed by atoms with van der Waals surface area (Å²) in [6.45, 7) is 0. The van der Waals surface area contributed by atoms with Gasteiger partial charge in [-0.3, -0.25) is 4.79 Å². The molecule has 0 radical (unpaired) electrons. The van der Waals surface area contributed by atoms with Gasteiger partial charge in [0.25, 0.3) is 5.91 Å². The molecule has 26 heavy (non-hydrogen) atoms. The van der Waals surface area contributed by atoms with Crippen molar-refractivity contribution < 1.29 is 4.79 Å². The van der Waals surface area contributed by atoms with Gasteiger partial charge in [0, 0.05) is 12.6 Å². The Morgan fingerprint density at radius 1 is 1.12 bits per heavy atom. The number of carbonyl (C=O) groups excluding carboxylic acids is 1. The van der Waals surface area contributed by atoms with Crippen molar-refractivity contribution in [1.29, 1.82) is 0 Å². The fraction of sp³-hybridized carbons (Fsp3) is 0.0526. The summed E-state index contributed by atoms with van der Waals surface area (Å²) in [6, 6.07) is 17.1. The van der Waals surface area contributed by atoms with Gasteiger partial charge in [-0.2, -0.15) is 0 Å². The average Bonchev–Trinajstić information content (AvgIpc) is 3.19. The zero-order valence-corrected chi connectivity index (χ0v) is 16.0. The molecule has 0 unspecified atom stereocenters. The third-order valence-corrected chi connectivity index (χ3v) is 5.96. The maximum atomic E-state index is 12.7. The van der Waals surface area contributed by atoms with Crippen LogP contribution in [-0.2, 0) is 7.05 Å². The third kappa shape index (κ3) is 2.98. The number of thiazole rings is 1. The number of halogens is 2. The van der Waals surface area contributed by atoms with Crippen LogP contribution in [0.4, 0.5) is 5.69 Å². The van der Waals surface area contributed by atoms with E-state index in [9.17, 15) is 4.79 Å². The van der Waals surface area contributed by atoms with Crippen LogP contribution in [0.2, 0.25) is 10.2 Å². The summed E-state index contributed by atoms with van der Waals surface area (Å²) < 4.78 is 2.66. The van der Waals surface area contributed by atoms with Gasteiger partial charge in [0.2, 0.25) is 0 Å². The Morgan fingerprint density at radius 3 is 2.58 bits per heavy atom. The second-order valence-corrected chi connectivity index (χ2v) is 7.51. The highest BCUT2D eigenvalue weighted by molar-refractivity contribution is 7.21. The van der Waals surface area contributed by atoms with Crippen LogP contribution in [0.5, 0.6) is 0 Å². The van der Waals surface area contributed by atoms with Crippen molar-refractivity contribution in [3.63, 3.8) is 0 Å². The average molecular weight is 402 g/mol. The van der Waals surface area contributed by atoms with Crippen molar-refractivity contribution in [2.24, 2.45) is 7.05 Å². The SMILES string of the molecule is Cn1c(C(=O)Nc2ccccc2-c2nc3ccccc3s2)cc(Cl)c1Cl. The number of nitrogens with one attached hydrogen (secondary N) is 1. The van der Waals surface area contributed by atoms with Gasteiger partial charge in [-0.1, -0.05) is 47.5 Å². The number of fused-ring (bicyclic) bond motifs is 1. The van der Waals surface area contributed by atoms with E-state index in [0.29, 0.717) is 21.6 Å². The largest absolute Gasteiger partial charge is 0.329 e. The van der Waals surface area contributed by atoms with Gasteiger partial charge >= 0.3 is 0 Å². The molecule has 2 aromatic heterocycles. The van der Waals surface area contributed by atoms with Gasteiger partial charge in [0.05, 0.1) is 20.9 Å². The minimum atomic E-state index is -0.283. The van der Waals surface area contributed by atoms with Crippen LogP contribution in [0.25, 0.3) is 20.8 Å². The monoisotopic (exact) mass is 401 g/mol. The summed E-state index contributed by atoms with van der Waals surface area (Å²) >= 11 is 13.7. The minimum Gasteiger partial charge on any atom is -0.329 e. The van der Waals surface area contributed by atoms with E-state index in [2.05, 4.69) is 10.3 Å². The molecule has 1 amide bonds. The normalized spacial score (nSPS) is 11.0. The van der Waals surface area contributed by atoms with Gasteiger partial charge in [0.15, 0.2) is 0 Å². The molecule has 4 aromatic rings. The number of nitrogens with zero attached hydrogens (tertiary/aromatic N) is 2. The molecule has 0 aliphatic rings. The predicted molar refractivity (Wildman–Crippen MR) is 108 cm³/mol. The van der Waals surface area contributed by atoms with E-state index in [1.54, 1.807) is 29.0 Å². The first-order valence-electron chi connectivity index (χ1n) is 7.81. The highest BCUT2D eigenvalue weighted by Crippen LogP contribution is 2.35. The lowest BCUT2D eigenvalue weighted by Gasteiger charge is -2.10. The van der Waals surface area contributed by atoms with Gasteiger partial charge in [-0.15, -0.1) is 11.3 Å².